The van der Waals surface area contributed by atoms with Gasteiger partial charge in [0.05, 0.1) is 12.5 Å². The molecule has 2 atom stereocenters. The van der Waals surface area contributed by atoms with Crippen LogP contribution in [0.4, 0.5) is 0 Å². The van der Waals surface area contributed by atoms with Gasteiger partial charge in [-0.05, 0) is 5.56 Å². The molecule has 6 heteroatoms. The van der Waals surface area contributed by atoms with Crippen LogP contribution in [-0.4, -0.2) is 19.8 Å². The van der Waals surface area contributed by atoms with Crippen LogP contribution in [0.1, 0.15) is 18.0 Å². The number of carboxylic acids is 1. The first-order valence-electron chi connectivity index (χ1n) is 4.23. The van der Waals surface area contributed by atoms with E-state index in [1.54, 1.807) is 30.3 Å². The maximum absolute atomic E-state index is 10.6. The van der Waals surface area contributed by atoms with Crippen molar-refractivity contribution >= 4 is 17.2 Å². The predicted molar refractivity (Wildman–Crippen MR) is 55.3 cm³/mol. The Balaban J connectivity index is 2.81. The van der Waals surface area contributed by atoms with E-state index in [4.69, 9.17) is 9.66 Å². The maximum atomic E-state index is 10.6. The number of nitrogens with one attached hydrogen (secondary N) is 1. The van der Waals surface area contributed by atoms with Crippen LogP contribution < -0.4 is 4.72 Å². The van der Waals surface area contributed by atoms with E-state index < -0.39 is 23.3 Å². The molecule has 0 aromatic heterocycles. The minimum absolute atomic E-state index is 0.240. The normalized spacial score (nSPS) is 14.5. The summed E-state index contributed by atoms with van der Waals surface area (Å²) in [4.78, 5) is 10.5. The molecule has 0 heterocycles. The summed E-state index contributed by atoms with van der Waals surface area (Å²) in [5.74, 6) is -1.03. The molecule has 0 aliphatic carbocycles. The molecule has 1 aromatic rings. The lowest BCUT2D eigenvalue weighted by Gasteiger charge is -2.14. The van der Waals surface area contributed by atoms with Gasteiger partial charge in [0.1, 0.15) is 0 Å². The van der Waals surface area contributed by atoms with Crippen molar-refractivity contribution in [2.75, 3.05) is 0 Å². The highest BCUT2D eigenvalue weighted by Crippen LogP contribution is 2.16. The van der Waals surface area contributed by atoms with Gasteiger partial charge in [-0.2, -0.15) is 0 Å². The second kappa shape index (κ2) is 5.59. The molecule has 3 N–H and O–H groups in total. The average molecular weight is 229 g/mol. The fourth-order valence-corrected chi connectivity index (χ4v) is 1.67. The summed E-state index contributed by atoms with van der Waals surface area (Å²) in [6, 6.07) is 8.02. The van der Waals surface area contributed by atoms with E-state index in [0.29, 0.717) is 5.56 Å². The Morgan fingerprint density at radius 3 is 2.47 bits per heavy atom. The Hall–Kier alpha value is -1.24. The molecule has 0 aliphatic heterocycles. The summed E-state index contributed by atoms with van der Waals surface area (Å²) in [6.45, 7) is 0. The van der Waals surface area contributed by atoms with Crippen LogP contribution in [0.3, 0.4) is 0 Å². The highest BCUT2D eigenvalue weighted by atomic mass is 32.2. The number of benzene rings is 1. The van der Waals surface area contributed by atoms with Gasteiger partial charge in [-0.15, -0.1) is 0 Å². The summed E-state index contributed by atoms with van der Waals surface area (Å²) >= 11 is -2.23. The standard InChI is InChI=1S/C9H11NO4S/c11-9(12)6-8(10-15(13)14)7-4-2-1-3-5-7/h1-5,8,10H,6H2,(H,11,12)(H,13,14). The molecule has 0 radical (unpaired) electrons. The molecule has 0 saturated carbocycles. The molecular weight excluding hydrogens is 218 g/mol. The largest absolute Gasteiger partial charge is 0.481 e. The third-order valence-electron chi connectivity index (χ3n) is 1.82. The van der Waals surface area contributed by atoms with Crippen LogP contribution in [0, 0.1) is 0 Å². The lowest BCUT2D eigenvalue weighted by Crippen LogP contribution is -2.25. The Morgan fingerprint density at radius 1 is 1.40 bits per heavy atom. The van der Waals surface area contributed by atoms with Crippen molar-refractivity contribution in [2.24, 2.45) is 0 Å². The fraction of sp³-hybridized carbons (Fsp3) is 0.222. The van der Waals surface area contributed by atoms with Crippen LogP contribution in [0.15, 0.2) is 30.3 Å². The molecule has 15 heavy (non-hydrogen) atoms. The number of aliphatic carboxylic acids is 1. The third-order valence-corrected chi connectivity index (χ3v) is 2.31. The van der Waals surface area contributed by atoms with Crippen molar-refractivity contribution in [1.29, 1.82) is 0 Å². The zero-order valence-corrected chi connectivity index (χ0v) is 8.61. The molecule has 2 unspecified atom stereocenters. The molecule has 0 bridgehead atoms. The Bertz CT molecular complexity index is 338. The fourth-order valence-electron chi connectivity index (χ4n) is 1.21. The number of rotatable bonds is 5. The van der Waals surface area contributed by atoms with Crippen molar-refractivity contribution in [3.63, 3.8) is 0 Å². The summed E-state index contributed by atoms with van der Waals surface area (Å²) in [5.41, 5.74) is 0.669. The second-order valence-electron chi connectivity index (χ2n) is 2.93. The molecular formula is C9H11NO4S. The number of carbonyl (C=O) groups is 1. The van der Waals surface area contributed by atoms with E-state index in [-0.39, 0.29) is 6.42 Å². The van der Waals surface area contributed by atoms with Crippen molar-refractivity contribution < 1.29 is 18.7 Å². The van der Waals surface area contributed by atoms with E-state index in [9.17, 15) is 9.00 Å². The van der Waals surface area contributed by atoms with Gasteiger partial charge in [-0.25, -0.2) is 8.93 Å². The van der Waals surface area contributed by atoms with E-state index in [1.165, 1.54) is 0 Å². The first kappa shape index (κ1) is 11.8. The molecule has 0 aliphatic rings. The molecule has 1 aromatic carbocycles. The van der Waals surface area contributed by atoms with Crippen molar-refractivity contribution in [3.05, 3.63) is 35.9 Å². The third kappa shape index (κ3) is 4.20. The van der Waals surface area contributed by atoms with Gasteiger partial charge in [0.25, 0.3) is 0 Å². The Morgan fingerprint density at radius 2 is 2.00 bits per heavy atom. The van der Waals surface area contributed by atoms with Crippen LogP contribution in [0.25, 0.3) is 0 Å². The van der Waals surface area contributed by atoms with Gasteiger partial charge in [-0.1, -0.05) is 30.3 Å². The maximum Gasteiger partial charge on any atom is 0.305 e. The molecule has 0 amide bonds. The van der Waals surface area contributed by atoms with E-state index >= 15 is 0 Å². The lowest BCUT2D eigenvalue weighted by atomic mass is 10.1. The molecule has 5 nitrogen and oxygen atoms in total. The summed E-state index contributed by atoms with van der Waals surface area (Å²) in [5, 5.41) is 8.64. The van der Waals surface area contributed by atoms with Crippen LogP contribution in [0.5, 0.6) is 0 Å². The van der Waals surface area contributed by atoms with E-state index in [0.717, 1.165) is 0 Å². The van der Waals surface area contributed by atoms with E-state index in [2.05, 4.69) is 4.72 Å². The number of hydrogen-bond acceptors (Lipinski definition) is 2. The quantitative estimate of drug-likeness (QED) is 0.655. The average Bonchev–Trinajstić information content (AvgIpc) is 2.17. The topological polar surface area (TPSA) is 86.6 Å². The van der Waals surface area contributed by atoms with Gasteiger partial charge in [-0.3, -0.25) is 9.35 Å². The van der Waals surface area contributed by atoms with Gasteiger partial charge < -0.3 is 5.11 Å². The van der Waals surface area contributed by atoms with E-state index in [1.807, 2.05) is 0 Å². The van der Waals surface area contributed by atoms with Crippen molar-refractivity contribution in [2.45, 2.75) is 12.5 Å². The molecule has 0 saturated heterocycles. The summed E-state index contributed by atoms with van der Waals surface area (Å²) < 4.78 is 21.5. The molecule has 82 valence electrons. The van der Waals surface area contributed by atoms with Crippen LogP contribution in [-0.2, 0) is 16.1 Å². The zero-order chi connectivity index (χ0) is 11.3. The van der Waals surface area contributed by atoms with Crippen molar-refractivity contribution in [1.82, 2.24) is 4.72 Å². The van der Waals surface area contributed by atoms with Gasteiger partial charge in [0.2, 0.25) is 11.3 Å². The number of hydrogen-bond donors (Lipinski definition) is 3. The highest BCUT2D eigenvalue weighted by Gasteiger charge is 2.16. The van der Waals surface area contributed by atoms with Crippen molar-refractivity contribution in [3.8, 4) is 0 Å². The van der Waals surface area contributed by atoms with Crippen LogP contribution in [0.2, 0.25) is 0 Å². The molecule has 0 fully saturated rings. The highest BCUT2D eigenvalue weighted by molar-refractivity contribution is 7.77. The second-order valence-corrected chi connectivity index (χ2v) is 3.66. The predicted octanol–water partition coefficient (Wildman–Crippen LogP) is 0.929. The first-order chi connectivity index (χ1) is 7.09. The first-order valence-corrected chi connectivity index (χ1v) is 5.34. The van der Waals surface area contributed by atoms with Gasteiger partial charge in [0.15, 0.2) is 0 Å². The minimum Gasteiger partial charge on any atom is -0.481 e. The Kier molecular flexibility index (Phi) is 4.41. The molecule has 1 rings (SSSR count). The Labute approximate surface area is 89.5 Å². The van der Waals surface area contributed by atoms with Crippen LogP contribution >= 0.6 is 0 Å². The monoisotopic (exact) mass is 229 g/mol. The SMILES string of the molecule is O=C(O)CC(NS(=O)O)c1ccccc1. The lowest BCUT2D eigenvalue weighted by molar-refractivity contribution is -0.137. The smallest absolute Gasteiger partial charge is 0.305 e. The number of carboxylic acid groups (broad SMARTS) is 1. The van der Waals surface area contributed by atoms with Gasteiger partial charge in [0, 0.05) is 0 Å². The zero-order valence-electron chi connectivity index (χ0n) is 7.79. The summed E-state index contributed by atoms with van der Waals surface area (Å²) in [6.07, 6.45) is -0.240. The molecule has 0 spiro atoms. The summed E-state index contributed by atoms with van der Waals surface area (Å²) in [7, 11) is 0. The minimum atomic E-state index is -2.23. The van der Waals surface area contributed by atoms with Gasteiger partial charge >= 0.3 is 5.97 Å².